The maximum atomic E-state index is 13.0. The molecule has 4 nitrogen and oxygen atoms in total. The Morgan fingerprint density at radius 2 is 1.50 bits per heavy atom. The molecule has 2 aromatic carbocycles. The van der Waals surface area contributed by atoms with E-state index in [9.17, 15) is 13.2 Å². The summed E-state index contributed by atoms with van der Waals surface area (Å²) in [6, 6.07) is 15.8. The molecular weight excluding hydrogens is 346 g/mol. The fourth-order valence-corrected chi connectivity index (χ4v) is 4.24. The van der Waals surface area contributed by atoms with Gasteiger partial charge in [0, 0.05) is 5.57 Å². The number of benzene rings is 2. The van der Waals surface area contributed by atoms with Crippen LogP contribution in [-0.4, -0.2) is 14.3 Å². The quantitative estimate of drug-likeness (QED) is 0.821. The Labute approximate surface area is 155 Å². The molecule has 26 heavy (non-hydrogen) atoms. The first-order chi connectivity index (χ1) is 12.5. The van der Waals surface area contributed by atoms with Crippen LogP contribution in [0.3, 0.4) is 0 Å². The molecule has 136 valence electrons. The van der Waals surface area contributed by atoms with Crippen molar-refractivity contribution in [3.8, 4) is 0 Å². The second kappa shape index (κ2) is 7.87. The Bertz CT molecular complexity index is 905. The van der Waals surface area contributed by atoms with E-state index in [1.54, 1.807) is 12.1 Å². The summed E-state index contributed by atoms with van der Waals surface area (Å²) in [5, 5.41) is 0. The normalized spacial score (nSPS) is 14.7. The van der Waals surface area contributed by atoms with Gasteiger partial charge in [-0.3, -0.25) is 4.79 Å². The molecule has 1 saturated carbocycles. The van der Waals surface area contributed by atoms with Gasteiger partial charge >= 0.3 is 0 Å². The number of aryl methyl sites for hydroxylation is 1. The predicted molar refractivity (Wildman–Crippen MR) is 103 cm³/mol. The van der Waals surface area contributed by atoms with E-state index in [0.717, 1.165) is 48.8 Å². The van der Waals surface area contributed by atoms with Gasteiger partial charge in [0.05, 0.1) is 4.90 Å². The number of carbonyl (C=O) groups excluding carboxylic acids is 1. The van der Waals surface area contributed by atoms with Crippen LogP contribution in [0.1, 0.15) is 43.2 Å². The lowest BCUT2D eigenvalue weighted by Gasteiger charge is -2.19. The van der Waals surface area contributed by atoms with Crippen molar-refractivity contribution in [2.45, 2.75) is 43.9 Å². The van der Waals surface area contributed by atoms with E-state index in [4.69, 9.17) is 0 Å². The summed E-state index contributed by atoms with van der Waals surface area (Å²) in [6.07, 6.45) is 4.88. The summed E-state index contributed by atoms with van der Waals surface area (Å²) in [5.41, 5.74) is 3.27. The molecule has 0 saturated heterocycles. The van der Waals surface area contributed by atoms with Crippen molar-refractivity contribution >= 4 is 21.5 Å². The van der Waals surface area contributed by atoms with Gasteiger partial charge in [-0.15, -0.1) is 0 Å². The molecule has 0 radical (unpaired) electrons. The zero-order chi connectivity index (χ0) is 18.6. The van der Waals surface area contributed by atoms with Crippen LogP contribution in [0.15, 0.2) is 65.1 Å². The number of hydrogen-bond acceptors (Lipinski definition) is 3. The van der Waals surface area contributed by atoms with Gasteiger partial charge in [-0.1, -0.05) is 60.0 Å². The number of hydrogen-bond donors (Lipinski definition) is 1. The molecular formula is C21H23NO3S. The molecule has 1 amide bonds. The van der Waals surface area contributed by atoms with Crippen LogP contribution >= 0.6 is 0 Å². The second-order valence-corrected chi connectivity index (χ2v) is 8.34. The second-order valence-electron chi connectivity index (χ2n) is 6.65. The van der Waals surface area contributed by atoms with Crippen molar-refractivity contribution in [1.29, 1.82) is 0 Å². The number of carbonyl (C=O) groups is 1. The molecule has 3 rings (SSSR count). The minimum absolute atomic E-state index is 0.0949. The van der Waals surface area contributed by atoms with Crippen LogP contribution in [0.25, 0.3) is 5.57 Å². The molecule has 0 heterocycles. The van der Waals surface area contributed by atoms with Crippen molar-refractivity contribution in [2.24, 2.45) is 0 Å². The summed E-state index contributed by atoms with van der Waals surface area (Å²) in [5.74, 6) is -0.548. The lowest BCUT2D eigenvalue weighted by Crippen LogP contribution is -2.32. The maximum Gasteiger partial charge on any atom is 0.265 e. The van der Waals surface area contributed by atoms with Gasteiger partial charge in [0.1, 0.15) is 0 Å². The minimum atomic E-state index is -3.90. The van der Waals surface area contributed by atoms with Crippen molar-refractivity contribution in [2.75, 3.05) is 0 Å². The largest absolute Gasteiger partial charge is 0.268 e. The highest BCUT2D eigenvalue weighted by molar-refractivity contribution is 7.90. The van der Waals surface area contributed by atoms with Crippen LogP contribution in [-0.2, 0) is 14.8 Å². The molecule has 1 fully saturated rings. The highest BCUT2D eigenvalue weighted by Gasteiger charge is 2.24. The molecule has 0 atom stereocenters. The van der Waals surface area contributed by atoms with Gasteiger partial charge in [0.15, 0.2) is 0 Å². The molecule has 0 unspecified atom stereocenters. The number of rotatable bonds is 4. The average molecular weight is 369 g/mol. The first-order valence-corrected chi connectivity index (χ1v) is 10.4. The van der Waals surface area contributed by atoms with E-state index in [1.165, 1.54) is 12.1 Å². The Hall–Kier alpha value is -2.40. The molecule has 0 spiro atoms. The fraction of sp³-hybridized carbons (Fsp3) is 0.286. The third-order valence-electron chi connectivity index (χ3n) is 4.66. The van der Waals surface area contributed by atoms with Gasteiger partial charge in [-0.25, -0.2) is 13.1 Å². The van der Waals surface area contributed by atoms with Gasteiger partial charge in [-0.2, -0.15) is 0 Å². The standard InChI is InChI=1S/C21H23NO3S/c1-16-12-14-19(15-13-16)26(24,25)22-21(23)20(17-8-4-2-5-9-17)18-10-6-3-7-11-18/h2,4-5,8-9,12-15H,3,6-7,10-11H2,1H3,(H,22,23). The van der Waals surface area contributed by atoms with E-state index in [1.807, 2.05) is 37.3 Å². The monoisotopic (exact) mass is 369 g/mol. The SMILES string of the molecule is Cc1ccc(S(=O)(=O)NC(=O)C(=C2CCCCC2)c2ccccc2)cc1. The molecule has 1 aliphatic rings. The number of nitrogens with one attached hydrogen (secondary N) is 1. The molecule has 1 aliphatic carbocycles. The lowest BCUT2D eigenvalue weighted by molar-refractivity contribution is -0.114. The Morgan fingerprint density at radius 3 is 2.12 bits per heavy atom. The smallest absolute Gasteiger partial charge is 0.265 e. The summed E-state index contributed by atoms with van der Waals surface area (Å²) in [6.45, 7) is 1.88. The van der Waals surface area contributed by atoms with Crippen LogP contribution in [0.4, 0.5) is 0 Å². The van der Waals surface area contributed by atoms with Gasteiger partial charge < -0.3 is 0 Å². The van der Waals surface area contributed by atoms with E-state index >= 15 is 0 Å². The molecule has 1 N–H and O–H groups in total. The molecule has 2 aromatic rings. The third kappa shape index (κ3) is 4.22. The van der Waals surface area contributed by atoms with E-state index in [2.05, 4.69) is 4.72 Å². The van der Waals surface area contributed by atoms with Crippen molar-refractivity contribution in [3.05, 3.63) is 71.3 Å². The zero-order valence-corrected chi connectivity index (χ0v) is 15.7. The third-order valence-corrected chi connectivity index (χ3v) is 6.01. The van der Waals surface area contributed by atoms with Crippen LogP contribution < -0.4 is 4.72 Å². The Balaban J connectivity index is 1.94. The van der Waals surface area contributed by atoms with E-state index in [0.29, 0.717) is 5.57 Å². The highest BCUT2D eigenvalue weighted by atomic mass is 32.2. The maximum absolute atomic E-state index is 13.0. The van der Waals surface area contributed by atoms with Gasteiger partial charge in [0.25, 0.3) is 15.9 Å². The van der Waals surface area contributed by atoms with Crippen LogP contribution in [0.5, 0.6) is 0 Å². The average Bonchev–Trinajstić information content (AvgIpc) is 2.63. The van der Waals surface area contributed by atoms with Crippen molar-refractivity contribution in [1.82, 2.24) is 4.72 Å². The van der Waals surface area contributed by atoms with Crippen molar-refractivity contribution < 1.29 is 13.2 Å². The van der Waals surface area contributed by atoms with Crippen LogP contribution in [0, 0.1) is 6.92 Å². The first-order valence-electron chi connectivity index (χ1n) is 8.88. The first kappa shape index (κ1) is 18.4. The molecule has 0 aliphatic heterocycles. The Morgan fingerprint density at radius 1 is 0.885 bits per heavy atom. The van der Waals surface area contributed by atoms with Crippen LogP contribution in [0.2, 0.25) is 0 Å². The lowest BCUT2D eigenvalue weighted by atomic mass is 9.88. The molecule has 5 heteroatoms. The summed E-state index contributed by atoms with van der Waals surface area (Å²) in [4.78, 5) is 13.0. The topological polar surface area (TPSA) is 63.2 Å². The molecule has 0 bridgehead atoms. The summed E-state index contributed by atoms with van der Waals surface area (Å²) in [7, 11) is -3.90. The minimum Gasteiger partial charge on any atom is -0.268 e. The van der Waals surface area contributed by atoms with Gasteiger partial charge in [-0.05, 0) is 50.3 Å². The molecule has 0 aromatic heterocycles. The van der Waals surface area contributed by atoms with E-state index in [-0.39, 0.29) is 4.90 Å². The predicted octanol–water partition coefficient (Wildman–Crippen LogP) is 4.22. The fourth-order valence-electron chi connectivity index (χ4n) is 3.28. The zero-order valence-electron chi connectivity index (χ0n) is 14.9. The van der Waals surface area contributed by atoms with Gasteiger partial charge in [0.2, 0.25) is 0 Å². The van der Waals surface area contributed by atoms with Crippen molar-refractivity contribution in [3.63, 3.8) is 0 Å². The number of sulfonamides is 1. The summed E-state index contributed by atoms with van der Waals surface area (Å²) >= 11 is 0. The summed E-state index contributed by atoms with van der Waals surface area (Å²) < 4.78 is 27.5. The Kier molecular flexibility index (Phi) is 5.57. The van der Waals surface area contributed by atoms with E-state index < -0.39 is 15.9 Å². The number of allylic oxidation sites excluding steroid dienone is 1. The number of amides is 1. The highest BCUT2D eigenvalue weighted by Crippen LogP contribution is 2.31.